The summed E-state index contributed by atoms with van der Waals surface area (Å²) in [6, 6.07) is 13.3. The smallest absolute Gasteiger partial charge is 0.270 e. The monoisotopic (exact) mass is 422 g/mol. The third-order valence-electron chi connectivity index (χ3n) is 4.24. The van der Waals surface area contributed by atoms with Gasteiger partial charge in [-0.15, -0.1) is 11.3 Å². The summed E-state index contributed by atoms with van der Waals surface area (Å²) in [5.74, 6) is 0.378. The second-order valence-corrected chi connectivity index (χ2v) is 6.93. The van der Waals surface area contributed by atoms with Crippen molar-refractivity contribution in [2.45, 2.75) is 0 Å². The van der Waals surface area contributed by atoms with Gasteiger partial charge in [0, 0.05) is 23.1 Å². The predicted molar refractivity (Wildman–Crippen MR) is 111 cm³/mol. The molecule has 0 aliphatic heterocycles. The van der Waals surface area contributed by atoms with Crippen LogP contribution in [0.4, 0.5) is 10.8 Å². The first-order chi connectivity index (χ1) is 14.6. The molecule has 0 fully saturated rings. The standard InChI is InChI=1S/C20H14N4O5S/c1-28-17-8-3-2-7-14(17)18-15(10-21-29-18)19(25)23-20-22-16(11-30-20)12-5-4-6-13(9-12)24(26)27/h2-11H,1H3,(H,22,23,25). The first kappa shape index (κ1) is 19.3. The highest BCUT2D eigenvalue weighted by Crippen LogP contribution is 2.33. The van der Waals surface area contributed by atoms with Crippen molar-refractivity contribution in [3.8, 4) is 28.3 Å². The molecule has 10 heteroatoms. The number of rotatable bonds is 6. The van der Waals surface area contributed by atoms with Crippen LogP contribution in [0, 0.1) is 10.1 Å². The Morgan fingerprint density at radius 1 is 1.23 bits per heavy atom. The van der Waals surface area contributed by atoms with E-state index in [1.165, 1.54) is 36.8 Å². The van der Waals surface area contributed by atoms with Gasteiger partial charge in [0.05, 0.1) is 29.5 Å². The van der Waals surface area contributed by atoms with Gasteiger partial charge in [0.25, 0.3) is 11.6 Å². The predicted octanol–water partition coefficient (Wildman–Crippen LogP) is 4.63. The molecule has 0 atom stereocenters. The number of thiazole rings is 1. The number of nitrogens with one attached hydrogen (secondary N) is 1. The van der Waals surface area contributed by atoms with E-state index in [0.717, 1.165) is 0 Å². The molecule has 1 N–H and O–H groups in total. The van der Waals surface area contributed by atoms with Crippen LogP contribution in [0.1, 0.15) is 10.4 Å². The number of anilines is 1. The Morgan fingerprint density at radius 2 is 2.07 bits per heavy atom. The summed E-state index contributed by atoms with van der Waals surface area (Å²) >= 11 is 1.20. The highest BCUT2D eigenvalue weighted by Gasteiger charge is 2.21. The second kappa shape index (κ2) is 8.13. The molecule has 0 aliphatic rings. The first-order valence-corrected chi connectivity index (χ1v) is 9.54. The lowest BCUT2D eigenvalue weighted by atomic mass is 10.1. The van der Waals surface area contributed by atoms with Crippen molar-refractivity contribution < 1.29 is 19.0 Å². The van der Waals surface area contributed by atoms with Gasteiger partial charge in [-0.05, 0) is 12.1 Å². The fraction of sp³-hybridized carbons (Fsp3) is 0.0500. The number of benzene rings is 2. The molecule has 0 spiro atoms. The van der Waals surface area contributed by atoms with Gasteiger partial charge in [-0.1, -0.05) is 29.4 Å². The van der Waals surface area contributed by atoms with Crippen molar-refractivity contribution in [1.82, 2.24) is 10.1 Å². The molecule has 4 rings (SSSR count). The molecule has 2 aromatic heterocycles. The number of non-ortho nitro benzene ring substituents is 1. The molecule has 0 radical (unpaired) electrons. The summed E-state index contributed by atoms with van der Waals surface area (Å²) < 4.78 is 10.6. The lowest BCUT2D eigenvalue weighted by Crippen LogP contribution is -2.12. The molecule has 0 saturated heterocycles. The maximum Gasteiger partial charge on any atom is 0.270 e. The normalized spacial score (nSPS) is 10.6. The van der Waals surface area contributed by atoms with Crippen LogP contribution in [0.2, 0.25) is 0 Å². The topological polar surface area (TPSA) is 120 Å². The molecule has 0 unspecified atom stereocenters. The van der Waals surface area contributed by atoms with Gasteiger partial charge >= 0.3 is 0 Å². The van der Waals surface area contributed by atoms with Crippen LogP contribution >= 0.6 is 11.3 Å². The number of aromatic nitrogens is 2. The van der Waals surface area contributed by atoms with E-state index in [1.54, 1.807) is 35.7 Å². The van der Waals surface area contributed by atoms with E-state index in [-0.39, 0.29) is 17.0 Å². The van der Waals surface area contributed by atoms with Gasteiger partial charge in [0.15, 0.2) is 10.9 Å². The number of para-hydroxylation sites is 1. The molecule has 0 aliphatic carbocycles. The average Bonchev–Trinajstić information content (AvgIpc) is 3.43. The number of amides is 1. The van der Waals surface area contributed by atoms with Gasteiger partial charge in [-0.3, -0.25) is 20.2 Å². The summed E-state index contributed by atoms with van der Waals surface area (Å²) in [6.45, 7) is 0. The van der Waals surface area contributed by atoms with Crippen molar-refractivity contribution in [3.05, 3.63) is 75.8 Å². The van der Waals surface area contributed by atoms with Crippen molar-refractivity contribution in [2.24, 2.45) is 0 Å². The van der Waals surface area contributed by atoms with Crippen molar-refractivity contribution in [3.63, 3.8) is 0 Å². The van der Waals surface area contributed by atoms with Crippen LogP contribution in [0.5, 0.6) is 5.75 Å². The van der Waals surface area contributed by atoms with E-state index >= 15 is 0 Å². The maximum absolute atomic E-state index is 12.8. The number of nitro groups is 1. The summed E-state index contributed by atoms with van der Waals surface area (Å²) in [5.41, 5.74) is 1.90. The quantitative estimate of drug-likeness (QED) is 0.355. The third kappa shape index (κ3) is 3.76. The fourth-order valence-corrected chi connectivity index (χ4v) is 3.55. The lowest BCUT2D eigenvalue weighted by Gasteiger charge is -2.06. The van der Waals surface area contributed by atoms with E-state index < -0.39 is 10.8 Å². The molecule has 0 saturated carbocycles. The Labute approximate surface area is 174 Å². The minimum atomic E-state index is -0.468. The third-order valence-corrected chi connectivity index (χ3v) is 5.00. The molecule has 150 valence electrons. The van der Waals surface area contributed by atoms with Crippen LogP contribution in [-0.2, 0) is 0 Å². The van der Waals surface area contributed by atoms with Crippen LogP contribution < -0.4 is 10.1 Å². The maximum atomic E-state index is 12.8. The summed E-state index contributed by atoms with van der Waals surface area (Å²) in [5, 5.41) is 19.5. The first-order valence-electron chi connectivity index (χ1n) is 8.66. The Kier molecular flexibility index (Phi) is 5.22. The zero-order chi connectivity index (χ0) is 21.1. The minimum Gasteiger partial charge on any atom is -0.496 e. The molecular formula is C20H14N4O5S. The zero-order valence-electron chi connectivity index (χ0n) is 15.6. The lowest BCUT2D eigenvalue weighted by molar-refractivity contribution is -0.384. The summed E-state index contributed by atoms with van der Waals surface area (Å²) in [4.78, 5) is 27.6. The number of methoxy groups -OCH3 is 1. The van der Waals surface area contributed by atoms with Gasteiger partial charge in [-0.2, -0.15) is 0 Å². The van der Waals surface area contributed by atoms with Crippen LogP contribution in [0.25, 0.3) is 22.6 Å². The van der Waals surface area contributed by atoms with Crippen LogP contribution in [0.15, 0.2) is 64.6 Å². The number of ether oxygens (including phenoxy) is 1. The number of carbonyl (C=O) groups excluding carboxylic acids is 1. The Balaban J connectivity index is 1.58. The van der Waals surface area contributed by atoms with E-state index in [4.69, 9.17) is 9.26 Å². The Bertz CT molecular complexity index is 1230. The molecule has 1 amide bonds. The number of nitrogens with zero attached hydrogens (tertiary/aromatic N) is 3. The number of nitro benzene ring substituents is 1. The molecule has 9 nitrogen and oxygen atoms in total. The van der Waals surface area contributed by atoms with Gasteiger partial charge in [0.2, 0.25) is 0 Å². The summed E-state index contributed by atoms with van der Waals surface area (Å²) in [7, 11) is 1.53. The van der Waals surface area contributed by atoms with Gasteiger partial charge in [0.1, 0.15) is 11.3 Å². The van der Waals surface area contributed by atoms with Crippen molar-refractivity contribution in [2.75, 3.05) is 12.4 Å². The number of carbonyl (C=O) groups is 1. The molecule has 2 aromatic carbocycles. The molecule has 30 heavy (non-hydrogen) atoms. The number of hydrogen-bond donors (Lipinski definition) is 1. The fourth-order valence-electron chi connectivity index (χ4n) is 2.83. The van der Waals surface area contributed by atoms with Crippen molar-refractivity contribution >= 4 is 28.1 Å². The molecule has 4 aromatic rings. The Hall–Kier alpha value is -4.05. The van der Waals surface area contributed by atoms with Crippen LogP contribution in [-0.4, -0.2) is 28.1 Å². The minimum absolute atomic E-state index is 0.0305. The number of hydrogen-bond acceptors (Lipinski definition) is 8. The van der Waals surface area contributed by atoms with Crippen LogP contribution in [0.3, 0.4) is 0 Å². The summed E-state index contributed by atoms with van der Waals surface area (Å²) in [6.07, 6.45) is 1.33. The Morgan fingerprint density at radius 3 is 2.87 bits per heavy atom. The van der Waals surface area contributed by atoms with E-state index in [1.807, 2.05) is 6.07 Å². The van der Waals surface area contributed by atoms with E-state index in [9.17, 15) is 14.9 Å². The SMILES string of the molecule is COc1ccccc1-c1oncc1C(=O)Nc1nc(-c2cccc([N+](=O)[O-])c2)cs1. The largest absolute Gasteiger partial charge is 0.496 e. The van der Waals surface area contributed by atoms with E-state index in [2.05, 4.69) is 15.5 Å². The molecular weight excluding hydrogens is 408 g/mol. The van der Waals surface area contributed by atoms with E-state index in [0.29, 0.717) is 27.7 Å². The zero-order valence-corrected chi connectivity index (χ0v) is 16.4. The van der Waals surface area contributed by atoms with Gasteiger partial charge in [-0.25, -0.2) is 4.98 Å². The van der Waals surface area contributed by atoms with Gasteiger partial charge < -0.3 is 9.26 Å². The average molecular weight is 422 g/mol. The molecule has 2 heterocycles. The second-order valence-electron chi connectivity index (χ2n) is 6.07. The molecule has 0 bridgehead atoms. The van der Waals surface area contributed by atoms with Crippen molar-refractivity contribution in [1.29, 1.82) is 0 Å². The highest BCUT2D eigenvalue weighted by molar-refractivity contribution is 7.14. The highest BCUT2D eigenvalue weighted by atomic mass is 32.1.